The first-order valence-corrected chi connectivity index (χ1v) is 9.89. The van der Waals surface area contributed by atoms with E-state index in [2.05, 4.69) is 15.5 Å². The highest BCUT2D eigenvalue weighted by Gasteiger charge is 2.21. The molecular weight excluding hydrogens is 403 g/mol. The molecule has 3 aromatic rings. The number of aromatic nitrogens is 3. The van der Waals surface area contributed by atoms with Gasteiger partial charge in [0.2, 0.25) is 5.91 Å². The van der Waals surface area contributed by atoms with Gasteiger partial charge in [-0.2, -0.15) is 0 Å². The van der Waals surface area contributed by atoms with Gasteiger partial charge < -0.3 is 9.88 Å². The van der Waals surface area contributed by atoms with Gasteiger partial charge in [-0.15, -0.1) is 10.2 Å². The number of hydrogen-bond acceptors (Lipinski definition) is 4. The summed E-state index contributed by atoms with van der Waals surface area (Å²) in [6.07, 6.45) is 0. The topological polar surface area (TPSA) is 59.8 Å². The first-order valence-electron chi connectivity index (χ1n) is 8.25. The second kappa shape index (κ2) is 8.33. The Kier molecular flexibility index (Phi) is 6.09. The first kappa shape index (κ1) is 19.7. The van der Waals surface area contributed by atoms with Crippen LogP contribution in [0.15, 0.2) is 47.6 Å². The maximum atomic E-state index is 12.6. The zero-order valence-corrected chi connectivity index (χ0v) is 17.4. The zero-order valence-electron chi connectivity index (χ0n) is 15.0. The Morgan fingerprint density at radius 3 is 2.44 bits per heavy atom. The average Bonchev–Trinajstić information content (AvgIpc) is 2.99. The van der Waals surface area contributed by atoms with Crippen molar-refractivity contribution >= 4 is 46.6 Å². The molecule has 1 atom stereocenters. The van der Waals surface area contributed by atoms with Crippen LogP contribution in [0.3, 0.4) is 0 Å². The highest BCUT2D eigenvalue weighted by molar-refractivity contribution is 8.00. The van der Waals surface area contributed by atoms with E-state index in [1.165, 1.54) is 11.8 Å². The van der Waals surface area contributed by atoms with Crippen molar-refractivity contribution in [2.24, 2.45) is 7.05 Å². The smallest absolute Gasteiger partial charge is 0.237 e. The van der Waals surface area contributed by atoms with Crippen molar-refractivity contribution in [1.29, 1.82) is 0 Å². The molecule has 1 amide bonds. The van der Waals surface area contributed by atoms with Crippen molar-refractivity contribution in [2.45, 2.75) is 24.3 Å². The van der Waals surface area contributed by atoms with Gasteiger partial charge in [-0.05, 0) is 31.5 Å². The van der Waals surface area contributed by atoms with E-state index < -0.39 is 5.25 Å². The van der Waals surface area contributed by atoms with Crippen LogP contribution in [0.2, 0.25) is 10.0 Å². The molecule has 0 spiro atoms. The molecule has 0 bridgehead atoms. The Balaban J connectivity index is 1.76. The van der Waals surface area contributed by atoms with E-state index in [0.29, 0.717) is 20.9 Å². The molecule has 1 unspecified atom stereocenters. The third-order valence-electron chi connectivity index (χ3n) is 4.08. The number of carbonyl (C=O) groups excluding carboxylic acids is 1. The third-order valence-corrected chi connectivity index (χ3v) is 5.85. The highest BCUT2D eigenvalue weighted by Crippen LogP contribution is 2.32. The number of halogens is 2. The van der Waals surface area contributed by atoms with Crippen molar-refractivity contribution in [3.05, 3.63) is 58.1 Å². The molecule has 8 heteroatoms. The summed E-state index contributed by atoms with van der Waals surface area (Å²) < 4.78 is 1.89. The maximum absolute atomic E-state index is 12.6. The van der Waals surface area contributed by atoms with Crippen LogP contribution >= 0.6 is 35.0 Å². The minimum absolute atomic E-state index is 0.213. The summed E-state index contributed by atoms with van der Waals surface area (Å²) in [5.74, 6) is 0.549. The number of aryl methyl sites for hydroxylation is 1. The molecule has 0 fully saturated rings. The quantitative estimate of drug-likeness (QED) is 0.574. The number of thioether (sulfide) groups is 1. The molecule has 1 aromatic heterocycles. The summed E-state index contributed by atoms with van der Waals surface area (Å²) in [4.78, 5) is 12.6. The largest absolute Gasteiger partial charge is 0.323 e. The lowest BCUT2D eigenvalue weighted by Gasteiger charge is -2.13. The minimum atomic E-state index is -0.412. The molecule has 0 aliphatic carbocycles. The van der Waals surface area contributed by atoms with Crippen molar-refractivity contribution in [2.75, 3.05) is 5.32 Å². The number of rotatable bonds is 5. The van der Waals surface area contributed by atoms with Crippen LogP contribution in [0, 0.1) is 6.92 Å². The summed E-state index contributed by atoms with van der Waals surface area (Å²) >= 11 is 13.6. The fraction of sp³-hybridized carbons (Fsp3) is 0.211. The van der Waals surface area contributed by atoms with Crippen molar-refractivity contribution in [1.82, 2.24) is 14.8 Å². The molecule has 0 saturated heterocycles. The van der Waals surface area contributed by atoms with Gasteiger partial charge in [-0.1, -0.05) is 65.3 Å². The third kappa shape index (κ3) is 4.29. The fourth-order valence-electron chi connectivity index (χ4n) is 2.53. The zero-order chi connectivity index (χ0) is 19.6. The van der Waals surface area contributed by atoms with Crippen LogP contribution in [-0.4, -0.2) is 25.9 Å². The van der Waals surface area contributed by atoms with Crippen molar-refractivity contribution < 1.29 is 4.79 Å². The molecule has 0 aliphatic rings. The van der Waals surface area contributed by atoms with Gasteiger partial charge >= 0.3 is 0 Å². The molecule has 0 radical (unpaired) electrons. The van der Waals surface area contributed by atoms with E-state index in [4.69, 9.17) is 23.2 Å². The summed E-state index contributed by atoms with van der Waals surface area (Å²) in [7, 11) is 1.89. The Bertz CT molecular complexity index is 969. The molecular formula is C19H18Cl2N4OS. The van der Waals surface area contributed by atoms with Gasteiger partial charge in [0.05, 0.1) is 21.0 Å². The van der Waals surface area contributed by atoms with E-state index in [1.807, 2.05) is 42.8 Å². The van der Waals surface area contributed by atoms with E-state index in [1.54, 1.807) is 25.1 Å². The minimum Gasteiger partial charge on any atom is -0.323 e. The summed E-state index contributed by atoms with van der Waals surface area (Å²) in [5, 5.41) is 12.4. The van der Waals surface area contributed by atoms with Crippen LogP contribution in [0.25, 0.3) is 11.4 Å². The number of anilines is 1. The number of hydrogen-bond donors (Lipinski definition) is 1. The van der Waals surface area contributed by atoms with Crippen molar-refractivity contribution in [3.8, 4) is 11.4 Å². The summed E-state index contributed by atoms with van der Waals surface area (Å²) in [5.41, 5.74) is 2.54. The molecule has 0 aliphatic heterocycles. The second-order valence-electron chi connectivity index (χ2n) is 6.03. The van der Waals surface area contributed by atoms with E-state index >= 15 is 0 Å². The number of amides is 1. The Labute approximate surface area is 172 Å². The molecule has 27 heavy (non-hydrogen) atoms. The van der Waals surface area contributed by atoms with Crippen LogP contribution in [0.5, 0.6) is 0 Å². The van der Waals surface area contributed by atoms with Gasteiger partial charge in [-0.3, -0.25) is 4.79 Å². The molecule has 1 N–H and O–H groups in total. The van der Waals surface area contributed by atoms with E-state index in [-0.39, 0.29) is 5.91 Å². The van der Waals surface area contributed by atoms with Gasteiger partial charge in [0, 0.05) is 12.6 Å². The number of nitrogens with zero attached hydrogens (tertiary/aromatic N) is 3. The Morgan fingerprint density at radius 2 is 1.78 bits per heavy atom. The highest BCUT2D eigenvalue weighted by atomic mass is 35.5. The van der Waals surface area contributed by atoms with Crippen LogP contribution in [-0.2, 0) is 11.8 Å². The lowest BCUT2D eigenvalue weighted by atomic mass is 10.1. The number of benzene rings is 2. The SMILES string of the molecule is Cc1ccccc1-c1nnc(SC(C)C(=O)Nc2c(Cl)cccc2Cl)n1C. The van der Waals surface area contributed by atoms with Crippen molar-refractivity contribution in [3.63, 3.8) is 0 Å². The standard InChI is InChI=1S/C19H18Cl2N4OS/c1-11-7-4-5-8-13(11)17-23-24-19(25(17)3)27-12(2)18(26)22-16-14(20)9-6-10-15(16)21/h4-10,12H,1-3H3,(H,22,26). The maximum Gasteiger partial charge on any atom is 0.237 e. The molecule has 5 nitrogen and oxygen atoms in total. The fourth-order valence-corrected chi connectivity index (χ4v) is 3.84. The van der Waals surface area contributed by atoms with E-state index in [0.717, 1.165) is 17.0 Å². The number of nitrogens with one attached hydrogen (secondary N) is 1. The lowest BCUT2D eigenvalue weighted by Crippen LogP contribution is -2.23. The Hall–Kier alpha value is -2.02. The second-order valence-corrected chi connectivity index (χ2v) is 8.15. The monoisotopic (exact) mass is 420 g/mol. The van der Waals surface area contributed by atoms with Crippen LogP contribution < -0.4 is 5.32 Å². The summed E-state index contributed by atoms with van der Waals surface area (Å²) in [6, 6.07) is 13.1. The van der Waals surface area contributed by atoms with Crippen LogP contribution in [0.4, 0.5) is 5.69 Å². The summed E-state index contributed by atoms with van der Waals surface area (Å²) in [6.45, 7) is 3.83. The number of para-hydroxylation sites is 1. The average molecular weight is 421 g/mol. The van der Waals surface area contributed by atoms with Crippen LogP contribution in [0.1, 0.15) is 12.5 Å². The number of carbonyl (C=O) groups is 1. The van der Waals surface area contributed by atoms with Gasteiger partial charge in [0.25, 0.3) is 0 Å². The predicted octanol–water partition coefficient (Wildman–Crippen LogP) is 5.22. The lowest BCUT2D eigenvalue weighted by molar-refractivity contribution is -0.115. The van der Waals surface area contributed by atoms with Gasteiger partial charge in [0.1, 0.15) is 0 Å². The Morgan fingerprint density at radius 1 is 1.11 bits per heavy atom. The molecule has 3 rings (SSSR count). The predicted molar refractivity (Wildman–Crippen MR) is 112 cm³/mol. The molecule has 140 valence electrons. The van der Waals surface area contributed by atoms with Gasteiger partial charge in [-0.25, -0.2) is 0 Å². The molecule has 1 heterocycles. The first-order chi connectivity index (χ1) is 12.9. The molecule has 2 aromatic carbocycles. The van der Waals surface area contributed by atoms with Gasteiger partial charge in [0.15, 0.2) is 11.0 Å². The molecule has 0 saturated carbocycles. The van der Waals surface area contributed by atoms with E-state index in [9.17, 15) is 4.79 Å². The normalized spacial score (nSPS) is 12.0.